The quantitative estimate of drug-likeness (QED) is 0.136. The minimum Gasteiger partial charge on any atom is -0.460 e. The van der Waals surface area contributed by atoms with Gasteiger partial charge in [0, 0.05) is 11.1 Å². The fourth-order valence-corrected chi connectivity index (χ4v) is 1.94. The summed E-state index contributed by atoms with van der Waals surface area (Å²) in [6.45, 7) is 16.9. The van der Waals surface area contributed by atoms with Gasteiger partial charge in [-0.3, -0.25) is 9.59 Å². The molecule has 0 radical (unpaired) electrons. The summed E-state index contributed by atoms with van der Waals surface area (Å²) >= 11 is 0. The van der Waals surface area contributed by atoms with E-state index in [4.69, 9.17) is 23.7 Å². The second-order valence-corrected chi connectivity index (χ2v) is 6.33. The van der Waals surface area contributed by atoms with Crippen molar-refractivity contribution < 1.29 is 42.9 Å². The van der Waals surface area contributed by atoms with E-state index >= 15 is 0 Å². The van der Waals surface area contributed by atoms with Gasteiger partial charge in [-0.25, -0.2) is 9.59 Å². The molecule has 31 heavy (non-hydrogen) atoms. The molecular weight excluding hydrogens is 408 g/mol. The van der Waals surface area contributed by atoms with Crippen molar-refractivity contribution in [3.63, 3.8) is 0 Å². The lowest BCUT2D eigenvalue weighted by Gasteiger charge is -2.28. The lowest BCUT2D eigenvalue weighted by molar-refractivity contribution is -0.173. The Kier molecular flexibility index (Phi) is 13.6. The summed E-state index contributed by atoms with van der Waals surface area (Å²) < 4.78 is 25.9. The molecule has 0 amide bonds. The topological polar surface area (TPSA) is 114 Å². The first-order valence-corrected chi connectivity index (χ1v) is 9.40. The van der Waals surface area contributed by atoms with Crippen LogP contribution in [0.25, 0.3) is 0 Å². The summed E-state index contributed by atoms with van der Waals surface area (Å²) in [5.41, 5.74) is -1.90. The van der Waals surface area contributed by atoms with Gasteiger partial charge < -0.3 is 23.7 Å². The Bertz CT molecular complexity index is 686. The second kappa shape index (κ2) is 15.0. The number of ether oxygens (including phenoxy) is 5. The van der Waals surface area contributed by atoms with Crippen molar-refractivity contribution in [2.75, 3.05) is 46.2 Å². The zero-order valence-electron chi connectivity index (χ0n) is 18.1. The van der Waals surface area contributed by atoms with Crippen LogP contribution in [0, 0.1) is 0 Å². The largest absolute Gasteiger partial charge is 0.460 e. The summed E-state index contributed by atoms with van der Waals surface area (Å²) in [5.74, 6) is -3.08. The van der Waals surface area contributed by atoms with Crippen LogP contribution in [-0.4, -0.2) is 75.4 Å². The molecule has 172 valence electrons. The van der Waals surface area contributed by atoms with E-state index in [0.29, 0.717) is 5.57 Å². The predicted molar refractivity (Wildman–Crippen MR) is 112 cm³/mol. The summed E-state index contributed by atoms with van der Waals surface area (Å²) in [5, 5.41) is 0. The first-order chi connectivity index (χ1) is 14.6. The molecule has 0 saturated carbocycles. The van der Waals surface area contributed by atoms with Crippen molar-refractivity contribution in [3.8, 4) is 0 Å². The van der Waals surface area contributed by atoms with E-state index in [0.717, 1.165) is 12.2 Å². The van der Waals surface area contributed by atoms with Crippen LogP contribution in [0.15, 0.2) is 49.6 Å². The van der Waals surface area contributed by atoms with Crippen molar-refractivity contribution in [1.29, 1.82) is 0 Å². The normalized spacial score (nSPS) is 10.6. The highest BCUT2D eigenvalue weighted by Gasteiger charge is 2.47. The molecule has 0 aromatic rings. The van der Waals surface area contributed by atoms with Crippen molar-refractivity contribution in [2.24, 2.45) is 0 Å². The van der Waals surface area contributed by atoms with Gasteiger partial charge in [0.05, 0.1) is 33.0 Å². The third kappa shape index (κ3) is 10.1. The molecule has 0 aromatic carbocycles. The molecule has 0 rings (SSSR count). The van der Waals surface area contributed by atoms with Gasteiger partial charge in [-0.1, -0.05) is 26.3 Å². The fourth-order valence-electron chi connectivity index (χ4n) is 1.94. The zero-order valence-corrected chi connectivity index (χ0v) is 18.1. The highest BCUT2D eigenvalue weighted by atomic mass is 16.6. The Labute approximate surface area is 182 Å². The van der Waals surface area contributed by atoms with E-state index in [1.807, 2.05) is 0 Å². The molecule has 0 fully saturated rings. The van der Waals surface area contributed by atoms with Crippen LogP contribution in [-0.2, 0) is 42.9 Å². The number of hydrogen-bond donors (Lipinski definition) is 0. The molecule has 0 N–H and O–H groups in total. The van der Waals surface area contributed by atoms with Crippen LogP contribution < -0.4 is 0 Å². The van der Waals surface area contributed by atoms with E-state index in [2.05, 4.69) is 26.3 Å². The van der Waals surface area contributed by atoms with Gasteiger partial charge >= 0.3 is 11.9 Å². The van der Waals surface area contributed by atoms with Gasteiger partial charge in [0.25, 0.3) is 5.60 Å². The fraction of sp³-hybridized carbons (Fsp3) is 0.455. The third-order valence-corrected chi connectivity index (χ3v) is 3.64. The lowest BCUT2D eigenvalue weighted by atomic mass is 9.93. The van der Waals surface area contributed by atoms with Crippen molar-refractivity contribution in [2.45, 2.75) is 19.4 Å². The number of esters is 2. The summed E-state index contributed by atoms with van der Waals surface area (Å²) in [6, 6.07) is 0. The minimum absolute atomic E-state index is 0.0100. The Hall–Kier alpha value is -2.88. The molecule has 0 spiro atoms. The number of carbonyl (C=O) groups is 4. The van der Waals surface area contributed by atoms with Crippen LogP contribution in [0.4, 0.5) is 0 Å². The molecule has 0 aliphatic rings. The number of ketones is 2. The van der Waals surface area contributed by atoms with Crippen LogP contribution in [0.1, 0.15) is 13.8 Å². The minimum atomic E-state index is -2.22. The second-order valence-electron chi connectivity index (χ2n) is 6.33. The molecule has 0 atom stereocenters. The predicted octanol–water partition coefficient (Wildman–Crippen LogP) is 1.52. The average Bonchev–Trinajstić information content (AvgIpc) is 2.74. The van der Waals surface area contributed by atoms with Crippen LogP contribution in [0.3, 0.4) is 0 Å². The van der Waals surface area contributed by atoms with Crippen LogP contribution in [0.2, 0.25) is 0 Å². The molecule has 0 saturated heterocycles. The van der Waals surface area contributed by atoms with Gasteiger partial charge in [0.2, 0.25) is 11.6 Å². The smallest absolute Gasteiger partial charge is 0.334 e. The maximum atomic E-state index is 12.3. The molecule has 0 aliphatic heterocycles. The van der Waals surface area contributed by atoms with Gasteiger partial charge in [-0.05, 0) is 26.0 Å². The molecule has 0 aliphatic carbocycles. The van der Waals surface area contributed by atoms with Gasteiger partial charge in [-0.15, -0.1) is 0 Å². The first kappa shape index (κ1) is 28.1. The van der Waals surface area contributed by atoms with Crippen LogP contribution in [0.5, 0.6) is 0 Å². The summed E-state index contributed by atoms with van der Waals surface area (Å²) in [4.78, 5) is 47.7. The maximum Gasteiger partial charge on any atom is 0.334 e. The van der Waals surface area contributed by atoms with E-state index in [1.165, 1.54) is 6.92 Å². The Balaban J connectivity index is 4.39. The van der Waals surface area contributed by atoms with E-state index in [1.54, 1.807) is 6.92 Å². The van der Waals surface area contributed by atoms with E-state index in [9.17, 15) is 19.2 Å². The lowest BCUT2D eigenvalue weighted by Crippen LogP contribution is -2.53. The Morgan fingerprint density at radius 2 is 1.13 bits per heavy atom. The highest BCUT2D eigenvalue weighted by Crippen LogP contribution is 2.19. The molecule has 9 nitrogen and oxygen atoms in total. The summed E-state index contributed by atoms with van der Waals surface area (Å²) in [6.07, 6.45) is 1.75. The molecule has 9 heteroatoms. The van der Waals surface area contributed by atoms with E-state index in [-0.39, 0.29) is 45.2 Å². The monoisotopic (exact) mass is 438 g/mol. The standard InChI is InChI=1S/C22H30O9/c1-7-18(23)22(19(24)8-2,31-21(26)17(5)6)15-29-12-11-27-9-10-28-13-14-30-20(25)16(3)4/h7-8H,1-3,5,9-15H2,4,6H3. The van der Waals surface area contributed by atoms with Crippen LogP contribution >= 0.6 is 0 Å². The Morgan fingerprint density at radius 3 is 1.55 bits per heavy atom. The van der Waals surface area contributed by atoms with Gasteiger partial charge in [0.1, 0.15) is 13.2 Å². The molecule has 0 aromatic heterocycles. The molecule has 0 heterocycles. The molecular formula is C22H30O9. The Morgan fingerprint density at radius 1 is 0.710 bits per heavy atom. The zero-order chi connectivity index (χ0) is 23.9. The first-order valence-electron chi connectivity index (χ1n) is 9.40. The molecule has 0 unspecified atom stereocenters. The van der Waals surface area contributed by atoms with Gasteiger partial charge in [-0.2, -0.15) is 0 Å². The van der Waals surface area contributed by atoms with Crippen molar-refractivity contribution >= 4 is 23.5 Å². The van der Waals surface area contributed by atoms with E-state index < -0.39 is 35.7 Å². The highest BCUT2D eigenvalue weighted by molar-refractivity contribution is 6.19. The van der Waals surface area contributed by atoms with Crippen molar-refractivity contribution in [1.82, 2.24) is 0 Å². The number of rotatable bonds is 18. The number of hydrogen-bond acceptors (Lipinski definition) is 9. The average molecular weight is 438 g/mol. The SMILES string of the molecule is C=CC(=O)C(COCCOCCOCCOC(=O)C(=C)C)(OC(=O)C(=C)C)C(=O)C=C. The molecule has 0 bridgehead atoms. The third-order valence-electron chi connectivity index (χ3n) is 3.64. The maximum absolute atomic E-state index is 12.3. The van der Waals surface area contributed by atoms with Crippen molar-refractivity contribution in [3.05, 3.63) is 49.6 Å². The number of carbonyl (C=O) groups excluding carboxylic acids is 4. The summed E-state index contributed by atoms with van der Waals surface area (Å²) in [7, 11) is 0. The van der Waals surface area contributed by atoms with Gasteiger partial charge in [0.15, 0.2) is 0 Å².